The van der Waals surface area contributed by atoms with E-state index in [4.69, 9.17) is 5.73 Å². The highest BCUT2D eigenvalue weighted by atomic mass is 16.5. The first-order chi connectivity index (χ1) is 7.13. The van der Waals surface area contributed by atoms with Gasteiger partial charge in [0.2, 0.25) is 0 Å². The second-order valence-electron chi connectivity index (χ2n) is 2.72. The number of nitrogens with one attached hydrogen (secondary N) is 1. The number of anilines is 1. The van der Waals surface area contributed by atoms with Crippen LogP contribution in [0.3, 0.4) is 0 Å². The van der Waals surface area contributed by atoms with Gasteiger partial charge in [0.25, 0.3) is 5.91 Å². The minimum Gasteiger partial charge on any atom is -0.468 e. The van der Waals surface area contributed by atoms with Crippen molar-refractivity contribution in [2.75, 3.05) is 19.0 Å². The van der Waals surface area contributed by atoms with E-state index in [1.165, 1.54) is 19.4 Å². The molecule has 1 aromatic rings. The number of hydrogen-bond acceptors (Lipinski definition) is 5. The molecule has 0 aromatic carbocycles. The molecule has 1 rings (SSSR count). The minimum absolute atomic E-state index is 0.0265. The number of ether oxygens (including phenoxy) is 1. The fourth-order valence-electron chi connectivity index (χ4n) is 0.922. The minimum atomic E-state index is -0.614. The molecule has 3 N–H and O–H groups in total. The van der Waals surface area contributed by atoms with Crippen LogP contribution in [0.15, 0.2) is 18.3 Å². The molecular weight excluding hydrogens is 198 g/mol. The predicted molar refractivity (Wildman–Crippen MR) is 53.3 cm³/mol. The number of nitrogens with zero attached hydrogens (tertiary/aromatic N) is 1. The summed E-state index contributed by atoms with van der Waals surface area (Å²) in [5, 5.41) is 2.77. The zero-order valence-corrected chi connectivity index (χ0v) is 8.19. The number of hydrogen-bond donors (Lipinski definition) is 2. The molecule has 0 aliphatic heterocycles. The molecule has 6 nitrogen and oxygen atoms in total. The molecule has 0 aliphatic carbocycles. The maximum Gasteiger partial charge on any atom is 0.325 e. The summed E-state index contributed by atoms with van der Waals surface area (Å²) in [6, 6.07) is 3.08. The Hall–Kier alpha value is -2.11. The van der Waals surface area contributed by atoms with Crippen molar-refractivity contribution in [3.8, 4) is 0 Å². The monoisotopic (exact) mass is 209 g/mol. The Balaban J connectivity index is 2.66. The lowest BCUT2D eigenvalue weighted by Gasteiger charge is -2.04. The largest absolute Gasteiger partial charge is 0.468 e. The van der Waals surface area contributed by atoms with Gasteiger partial charge in [-0.25, -0.2) is 0 Å². The highest BCUT2D eigenvalue weighted by Gasteiger charge is 2.04. The Kier molecular flexibility index (Phi) is 3.61. The molecule has 0 aliphatic rings. The van der Waals surface area contributed by atoms with Crippen LogP contribution in [-0.4, -0.2) is 30.5 Å². The van der Waals surface area contributed by atoms with Crippen LogP contribution in [0.25, 0.3) is 0 Å². The van der Waals surface area contributed by atoms with Crippen LogP contribution in [0.5, 0.6) is 0 Å². The summed E-state index contributed by atoms with van der Waals surface area (Å²) >= 11 is 0. The molecule has 0 unspecified atom stereocenters. The number of methoxy groups -OCH3 is 1. The van der Waals surface area contributed by atoms with E-state index in [-0.39, 0.29) is 12.2 Å². The predicted octanol–water partition coefficient (Wildman–Crippen LogP) is -0.235. The fraction of sp³-hybridized carbons (Fsp3) is 0.222. The van der Waals surface area contributed by atoms with Gasteiger partial charge >= 0.3 is 5.97 Å². The van der Waals surface area contributed by atoms with Gasteiger partial charge in [-0.15, -0.1) is 0 Å². The first-order valence-electron chi connectivity index (χ1n) is 4.20. The lowest BCUT2D eigenvalue weighted by atomic mass is 10.3. The van der Waals surface area contributed by atoms with Gasteiger partial charge in [-0.1, -0.05) is 0 Å². The van der Waals surface area contributed by atoms with E-state index in [1.54, 1.807) is 6.07 Å². The number of nitrogens with two attached hydrogens (primary N) is 1. The molecule has 0 saturated heterocycles. The zero-order chi connectivity index (χ0) is 11.3. The Morgan fingerprint density at radius 2 is 2.33 bits per heavy atom. The topological polar surface area (TPSA) is 94.3 Å². The van der Waals surface area contributed by atoms with E-state index in [2.05, 4.69) is 15.0 Å². The second-order valence-corrected chi connectivity index (χ2v) is 2.72. The lowest BCUT2D eigenvalue weighted by Crippen LogP contribution is -2.16. The number of primary amides is 1. The van der Waals surface area contributed by atoms with Crippen LogP contribution < -0.4 is 11.1 Å². The van der Waals surface area contributed by atoms with Crippen molar-refractivity contribution in [3.05, 3.63) is 24.0 Å². The molecule has 0 radical (unpaired) electrons. The van der Waals surface area contributed by atoms with Crippen LogP contribution in [0, 0.1) is 0 Å². The van der Waals surface area contributed by atoms with E-state index >= 15 is 0 Å². The van der Waals surface area contributed by atoms with Crippen LogP contribution in [0.4, 0.5) is 5.69 Å². The molecule has 1 amide bonds. The molecule has 6 heteroatoms. The number of amides is 1. The van der Waals surface area contributed by atoms with E-state index in [1.807, 2.05) is 0 Å². The highest BCUT2D eigenvalue weighted by Crippen LogP contribution is 2.06. The third kappa shape index (κ3) is 3.26. The third-order valence-electron chi connectivity index (χ3n) is 1.68. The second kappa shape index (κ2) is 4.94. The number of pyridine rings is 1. The molecule has 0 atom stereocenters. The summed E-state index contributed by atoms with van der Waals surface area (Å²) in [7, 11) is 1.30. The van der Waals surface area contributed by atoms with Crippen LogP contribution in [-0.2, 0) is 9.53 Å². The van der Waals surface area contributed by atoms with Gasteiger partial charge in [-0.05, 0) is 12.1 Å². The van der Waals surface area contributed by atoms with Crippen molar-refractivity contribution in [3.63, 3.8) is 0 Å². The maximum absolute atomic E-state index is 10.8. The van der Waals surface area contributed by atoms with Crippen molar-refractivity contribution >= 4 is 17.6 Å². The van der Waals surface area contributed by atoms with Gasteiger partial charge in [-0.2, -0.15) is 0 Å². The number of carbonyl (C=O) groups excluding carboxylic acids is 2. The van der Waals surface area contributed by atoms with Crippen molar-refractivity contribution in [2.24, 2.45) is 5.73 Å². The summed E-state index contributed by atoms with van der Waals surface area (Å²) in [5.74, 6) is -1.01. The standard InChI is InChI=1S/C9H11N3O3/c1-15-8(13)5-12-6-2-3-11-7(4-6)9(10)14/h2-4H,5H2,1H3,(H2,10,14)(H,11,12). The van der Waals surface area contributed by atoms with Crippen molar-refractivity contribution in [1.82, 2.24) is 4.98 Å². The molecule has 0 bridgehead atoms. The molecule has 15 heavy (non-hydrogen) atoms. The Morgan fingerprint density at radius 3 is 2.93 bits per heavy atom. The van der Waals surface area contributed by atoms with Crippen molar-refractivity contribution in [2.45, 2.75) is 0 Å². The average Bonchev–Trinajstić information content (AvgIpc) is 2.26. The van der Waals surface area contributed by atoms with Crippen LogP contribution in [0.1, 0.15) is 10.5 Å². The molecule has 0 saturated carbocycles. The van der Waals surface area contributed by atoms with Gasteiger partial charge < -0.3 is 15.8 Å². The average molecular weight is 209 g/mol. The van der Waals surface area contributed by atoms with Gasteiger partial charge in [-0.3, -0.25) is 14.6 Å². The normalized spacial score (nSPS) is 9.40. The lowest BCUT2D eigenvalue weighted by molar-refractivity contribution is -0.138. The van der Waals surface area contributed by atoms with Crippen molar-refractivity contribution in [1.29, 1.82) is 0 Å². The molecule has 1 heterocycles. The Bertz CT molecular complexity index is 379. The van der Waals surface area contributed by atoms with E-state index in [9.17, 15) is 9.59 Å². The van der Waals surface area contributed by atoms with Crippen LogP contribution in [0.2, 0.25) is 0 Å². The summed E-state index contributed by atoms with van der Waals surface area (Å²) in [4.78, 5) is 25.4. The van der Waals surface area contributed by atoms with Crippen molar-refractivity contribution < 1.29 is 14.3 Å². The summed E-state index contributed by atoms with van der Waals surface area (Å²) < 4.78 is 4.44. The number of rotatable bonds is 4. The first-order valence-corrected chi connectivity index (χ1v) is 4.20. The van der Waals surface area contributed by atoms with Crippen LogP contribution >= 0.6 is 0 Å². The fourth-order valence-corrected chi connectivity index (χ4v) is 0.922. The Morgan fingerprint density at radius 1 is 1.60 bits per heavy atom. The summed E-state index contributed by atoms with van der Waals surface area (Å²) in [5.41, 5.74) is 5.77. The van der Waals surface area contributed by atoms with Gasteiger partial charge in [0.05, 0.1) is 7.11 Å². The van der Waals surface area contributed by atoms with Gasteiger partial charge in [0.1, 0.15) is 12.2 Å². The number of esters is 1. The highest BCUT2D eigenvalue weighted by molar-refractivity contribution is 5.91. The zero-order valence-electron chi connectivity index (χ0n) is 8.19. The summed E-state index contributed by atoms with van der Waals surface area (Å²) in [6.07, 6.45) is 1.43. The van der Waals surface area contributed by atoms with E-state index < -0.39 is 11.9 Å². The van der Waals surface area contributed by atoms with E-state index in [0.29, 0.717) is 5.69 Å². The molecule has 0 fully saturated rings. The van der Waals surface area contributed by atoms with Gasteiger partial charge in [0, 0.05) is 11.9 Å². The smallest absolute Gasteiger partial charge is 0.325 e. The SMILES string of the molecule is COC(=O)CNc1ccnc(C(N)=O)c1. The first kappa shape index (κ1) is 11.0. The van der Waals surface area contributed by atoms with E-state index in [0.717, 1.165) is 0 Å². The quantitative estimate of drug-likeness (QED) is 0.668. The Labute approximate surface area is 86.4 Å². The van der Waals surface area contributed by atoms with Gasteiger partial charge in [0.15, 0.2) is 0 Å². The maximum atomic E-state index is 10.8. The summed E-state index contributed by atoms with van der Waals surface area (Å²) in [6.45, 7) is 0.0265. The number of carbonyl (C=O) groups is 2. The molecular formula is C9H11N3O3. The molecule has 80 valence electrons. The number of aromatic nitrogens is 1. The third-order valence-corrected chi connectivity index (χ3v) is 1.68. The molecule has 0 spiro atoms. The molecule has 1 aromatic heterocycles.